The number of aryl methyl sites for hydroxylation is 2. The van der Waals surface area contributed by atoms with E-state index in [9.17, 15) is 0 Å². The molecule has 0 radical (unpaired) electrons. The molecule has 0 spiro atoms. The van der Waals surface area contributed by atoms with Crippen molar-refractivity contribution >= 4 is 5.96 Å². The highest BCUT2D eigenvalue weighted by Gasteiger charge is 2.21. The second kappa shape index (κ2) is 9.73. The summed E-state index contributed by atoms with van der Waals surface area (Å²) in [5.41, 5.74) is 4.39. The van der Waals surface area contributed by atoms with E-state index in [0.29, 0.717) is 6.54 Å². The van der Waals surface area contributed by atoms with Crippen LogP contribution in [-0.4, -0.2) is 54.0 Å². The fourth-order valence-electron chi connectivity index (χ4n) is 3.20. The van der Waals surface area contributed by atoms with Crippen LogP contribution in [0.4, 0.5) is 0 Å². The van der Waals surface area contributed by atoms with Crippen LogP contribution in [0.15, 0.2) is 35.3 Å². The molecule has 0 unspecified atom stereocenters. The Morgan fingerprint density at radius 3 is 2.79 bits per heavy atom. The number of benzene rings is 1. The van der Waals surface area contributed by atoms with Crippen molar-refractivity contribution in [1.82, 2.24) is 20.0 Å². The van der Waals surface area contributed by atoms with Gasteiger partial charge in [0.1, 0.15) is 0 Å². The van der Waals surface area contributed by atoms with Crippen molar-refractivity contribution < 1.29 is 4.74 Å². The summed E-state index contributed by atoms with van der Waals surface area (Å²) < 4.78 is 7.78. The number of hydrogen-bond acceptors (Lipinski definition) is 3. The second-order valence-electron chi connectivity index (χ2n) is 7.58. The molecular formula is C22H33N5O. The van der Waals surface area contributed by atoms with Crippen LogP contribution in [0.2, 0.25) is 0 Å². The zero-order chi connectivity index (χ0) is 19.9. The van der Waals surface area contributed by atoms with Gasteiger partial charge in [-0.05, 0) is 57.2 Å². The molecule has 1 aliphatic rings. The standard InChI is InChI=1S/C22H33N5O/c1-5-23-22(26(4)12-13-28-16-19-10-11-19)24-15-20-8-6-7-9-21(20)27-18(3)14-17(2)25-27/h6-9,14,19H,5,10-13,15-16H2,1-4H3,(H,23,24). The van der Waals surface area contributed by atoms with Gasteiger partial charge in [-0.3, -0.25) is 0 Å². The molecule has 3 rings (SSSR count). The third-order valence-electron chi connectivity index (χ3n) is 4.95. The van der Waals surface area contributed by atoms with E-state index < -0.39 is 0 Å². The minimum Gasteiger partial charge on any atom is -0.379 e. The molecule has 6 heteroatoms. The van der Waals surface area contributed by atoms with Gasteiger partial charge < -0.3 is 15.0 Å². The fraction of sp³-hybridized carbons (Fsp3) is 0.545. The summed E-state index contributed by atoms with van der Waals surface area (Å²) in [4.78, 5) is 7.01. The minimum absolute atomic E-state index is 0.601. The van der Waals surface area contributed by atoms with Crippen molar-refractivity contribution in [2.45, 2.75) is 40.2 Å². The quantitative estimate of drug-likeness (QED) is 0.410. The molecule has 1 aromatic carbocycles. The number of para-hydroxylation sites is 1. The summed E-state index contributed by atoms with van der Waals surface area (Å²) in [5.74, 6) is 1.71. The lowest BCUT2D eigenvalue weighted by molar-refractivity contribution is 0.115. The van der Waals surface area contributed by atoms with E-state index in [4.69, 9.17) is 9.73 Å². The van der Waals surface area contributed by atoms with Gasteiger partial charge in [0, 0.05) is 32.4 Å². The van der Waals surface area contributed by atoms with Crippen molar-refractivity contribution in [1.29, 1.82) is 0 Å². The first kappa shape index (κ1) is 20.4. The second-order valence-corrected chi connectivity index (χ2v) is 7.58. The summed E-state index contributed by atoms with van der Waals surface area (Å²) >= 11 is 0. The highest BCUT2D eigenvalue weighted by Crippen LogP contribution is 2.28. The zero-order valence-electron chi connectivity index (χ0n) is 17.6. The van der Waals surface area contributed by atoms with Crippen molar-refractivity contribution in [3.05, 3.63) is 47.3 Å². The van der Waals surface area contributed by atoms with Gasteiger partial charge in [-0.15, -0.1) is 0 Å². The molecular weight excluding hydrogens is 350 g/mol. The molecule has 1 N–H and O–H groups in total. The number of aliphatic imine (C=N–C) groups is 1. The monoisotopic (exact) mass is 383 g/mol. The van der Waals surface area contributed by atoms with E-state index in [1.807, 2.05) is 17.7 Å². The van der Waals surface area contributed by atoms with Crippen LogP contribution < -0.4 is 5.32 Å². The Labute approximate surface area is 168 Å². The Balaban J connectivity index is 1.67. The number of hydrogen-bond donors (Lipinski definition) is 1. The Bertz CT molecular complexity index is 794. The van der Waals surface area contributed by atoms with Crippen molar-refractivity contribution in [2.75, 3.05) is 33.4 Å². The SMILES string of the molecule is CCNC(=NCc1ccccc1-n1nc(C)cc1C)N(C)CCOCC1CC1. The summed E-state index contributed by atoms with van der Waals surface area (Å²) in [7, 11) is 2.06. The lowest BCUT2D eigenvalue weighted by Crippen LogP contribution is -2.40. The number of likely N-dealkylation sites (N-methyl/N-ethyl adjacent to an activating group) is 1. The highest BCUT2D eigenvalue weighted by atomic mass is 16.5. The van der Waals surface area contributed by atoms with E-state index in [2.05, 4.69) is 60.5 Å². The van der Waals surface area contributed by atoms with Gasteiger partial charge in [-0.25, -0.2) is 9.67 Å². The average molecular weight is 384 g/mol. The van der Waals surface area contributed by atoms with E-state index >= 15 is 0 Å². The van der Waals surface area contributed by atoms with E-state index in [-0.39, 0.29) is 0 Å². The predicted octanol–water partition coefficient (Wildman–Crippen LogP) is 3.31. The van der Waals surface area contributed by atoms with Gasteiger partial charge in [-0.2, -0.15) is 5.10 Å². The topological polar surface area (TPSA) is 54.7 Å². The third-order valence-corrected chi connectivity index (χ3v) is 4.95. The first-order chi connectivity index (χ1) is 13.6. The molecule has 1 fully saturated rings. The minimum atomic E-state index is 0.601. The van der Waals surface area contributed by atoms with Crippen LogP contribution >= 0.6 is 0 Å². The molecule has 0 bridgehead atoms. The van der Waals surface area contributed by atoms with Crippen LogP contribution in [0, 0.1) is 19.8 Å². The van der Waals surface area contributed by atoms with Gasteiger partial charge in [0.2, 0.25) is 0 Å². The summed E-state index contributed by atoms with van der Waals surface area (Å²) in [6.45, 7) is 10.1. The first-order valence-electron chi connectivity index (χ1n) is 10.3. The number of guanidine groups is 1. The Morgan fingerprint density at radius 1 is 1.32 bits per heavy atom. The third kappa shape index (κ3) is 5.58. The summed E-state index contributed by atoms with van der Waals surface area (Å²) in [5, 5.41) is 8.02. The normalized spacial score (nSPS) is 14.4. The number of aromatic nitrogens is 2. The largest absolute Gasteiger partial charge is 0.379 e. The molecule has 6 nitrogen and oxygen atoms in total. The number of nitrogens with one attached hydrogen (secondary N) is 1. The van der Waals surface area contributed by atoms with Crippen molar-refractivity contribution in [3.8, 4) is 5.69 Å². The highest BCUT2D eigenvalue weighted by molar-refractivity contribution is 5.79. The van der Waals surface area contributed by atoms with Crippen LogP contribution in [-0.2, 0) is 11.3 Å². The number of rotatable bonds is 9. The molecule has 2 aromatic rings. The lowest BCUT2D eigenvalue weighted by atomic mass is 10.2. The average Bonchev–Trinajstić information content (AvgIpc) is 3.45. The smallest absolute Gasteiger partial charge is 0.194 e. The molecule has 0 saturated heterocycles. The maximum absolute atomic E-state index is 5.78. The van der Waals surface area contributed by atoms with Crippen molar-refractivity contribution in [2.24, 2.45) is 10.9 Å². The zero-order valence-corrected chi connectivity index (χ0v) is 17.6. The Hall–Kier alpha value is -2.34. The molecule has 1 aromatic heterocycles. The predicted molar refractivity (Wildman–Crippen MR) is 114 cm³/mol. The fourth-order valence-corrected chi connectivity index (χ4v) is 3.20. The summed E-state index contributed by atoms with van der Waals surface area (Å²) in [6.07, 6.45) is 2.66. The van der Waals surface area contributed by atoms with E-state index in [1.54, 1.807) is 0 Å². The molecule has 0 amide bonds. The molecule has 0 atom stereocenters. The summed E-state index contributed by atoms with van der Waals surface area (Å²) in [6, 6.07) is 10.4. The maximum Gasteiger partial charge on any atom is 0.194 e. The number of ether oxygens (including phenoxy) is 1. The molecule has 28 heavy (non-hydrogen) atoms. The van der Waals surface area contributed by atoms with Crippen LogP contribution in [0.25, 0.3) is 5.69 Å². The van der Waals surface area contributed by atoms with E-state index in [0.717, 1.165) is 60.8 Å². The molecule has 1 heterocycles. The van der Waals surface area contributed by atoms with Crippen LogP contribution in [0.5, 0.6) is 0 Å². The van der Waals surface area contributed by atoms with Crippen LogP contribution in [0.1, 0.15) is 36.7 Å². The van der Waals surface area contributed by atoms with E-state index in [1.165, 1.54) is 12.8 Å². The van der Waals surface area contributed by atoms with Gasteiger partial charge >= 0.3 is 0 Å². The molecule has 152 valence electrons. The van der Waals surface area contributed by atoms with Crippen molar-refractivity contribution in [3.63, 3.8) is 0 Å². The Morgan fingerprint density at radius 2 is 2.11 bits per heavy atom. The van der Waals surface area contributed by atoms with Gasteiger partial charge in [0.25, 0.3) is 0 Å². The Kier molecular flexibility index (Phi) is 7.09. The molecule has 0 aliphatic heterocycles. The maximum atomic E-state index is 5.78. The van der Waals surface area contributed by atoms with Gasteiger partial charge in [0.15, 0.2) is 5.96 Å². The number of nitrogens with zero attached hydrogens (tertiary/aromatic N) is 4. The van der Waals surface area contributed by atoms with Gasteiger partial charge in [0.05, 0.1) is 24.5 Å². The van der Waals surface area contributed by atoms with Crippen LogP contribution in [0.3, 0.4) is 0 Å². The van der Waals surface area contributed by atoms with Gasteiger partial charge in [-0.1, -0.05) is 18.2 Å². The molecule has 1 aliphatic carbocycles. The molecule has 1 saturated carbocycles. The lowest BCUT2D eigenvalue weighted by Gasteiger charge is -2.22. The first-order valence-corrected chi connectivity index (χ1v) is 10.3.